The highest BCUT2D eigenvalue weighted by Gasteiger charge is 2.15. The Hall–Kier alpha value is -2.89. The summed E-state index contributed by atoms with van der Waals surface area (Å²) in [6.45, 7) is 6.71. The number of amides is 1. The summed E-state index contributed by atoms with van der Waals surface area (Å²) >= 11 is 0. The third kappa shape index (κ3) is 6.08. The van der Waals surface area contributed by atoms with Crippen LogP contribution >= 0.6 is 0 Å². The molecule has 1 amide bonds. The Kier molecular flexibility index (Phi) is 7.99. The van der Waals surface area contributed by atoms with E-state index in [1.54, 1.807) is 0 Å². The number of benzene rings is 2. The molecule has 0 fully saturated rings. The largest absolute Gasteiger partial charge is 0.490 e. The molecule has 2 rings (SSSR count). The van der Waals surface area contributed by atoms with Gasteiger partial charge in [0.15, 0.2) is 17.3 Å². The van der Waals surface area contributed by atoms with Crippen LogP contribution in [0.2, 0.25) is 0 Å². The fourth-order valence-corrected chi connectivity index (χ4v) is 2.74. The molecule has 1 atom stereocenters. The zero-order chi connectivity index (χ0) is 20.5. The topological polar surface area (TPSA) is 64.6 Å². The van der Waals surface area contributed by atoms with E-state index < -0.39 is 5.82 Å². The van der Waals surface area contributed by atoms with Crippen molar-refractivity contribution in [2.75, 3.05) is 13.2 Å². The molecule has 150 valence electrons. The summed E-state index contributed by atoms with van der Waals surface area (Å²) in [5.74, 6) is 0.480. The number of Topliss-reactive ketones (excluding diaryl/α,β-unsaturated/α-hetero) is 1. The fourth-order valence-electron chi connectivity index (χ4n) is 2.74. The zero-order valence-corrected chi connectivity index (χ0v) is 16.5. The predicted molar refractivity (Wildman–Crippen MR) is 105 cm³/mol. The molecule has 0 aliphatic heterocycles. The Labute approximate surface area is 164 Å². The Morgan fingerprint density at radius 1 is 0.964 bits per heavy atom. The van der Waals surface area contributed by atoms with Gasteiger partial charge in [-0.2, -0.15) is 0 Å². The summed E-state index contributed by atoms with van der Waals surface area (Å²) in [5, 5.41) is 2.89. The molecular formula is C22H26FNO4. The SMILES string of the molecule is CCOc1ccc([C@@H](C)NC(=O)CCC(=O)c2ccc(F)cc2)cc1OCC. The van der Waals surface area contributed by atoms with Gasteiger partial charge in [-0.1, -0.05) is 6.07 Å². The Morgan fingerprint density at radius 3 is 2.25 bits per heavy atom. The number of nitrogens with one attached hydrogen (secondary N) is 1. The molecule has 6 heteroatoms. The number of hydrogen-bond acceptors (Lipinski definition) is 4. The second-order valence-corrected chi connectivity index (χ2v) is 6.29. The number of ketones is 1. The minimum Gasteiger partial charge on any atom is -0.490 e. The normalized spacial score (nSPS) is 11.6. The average molecular weight is 387 g/mol. The maximum absolute atomic E-state index is 12.9. The van der Waals surface area contributed by atoms with E-state index in [9.17, 15) is 14.0 Å². The highest BCUT2D eigenvalue weighted by atomic mass is 19.1. The van der Waals surface area contributed by atoms with Crippen molar-refractivity contribution in [3.63, 3.8) is 0 Å². The van der Waals surface area contributed by atoms with E-state index in [-0.39, 0.29) is 30.6 Å². The molecule has 0 saturated carbocycles. The number of rotatable bonds is 10. The molecule has 0 radical (unpaired) electrons. The number of hydrogen-bond donors (Lipinski definition) is 1. The van der Waals surface area contributed by atoms with Gasteiger partial charge in [-0.15, -0.1) is 0 Å². The van der Waals surface area contributed by atoms with E-state index >= 15 is 0 Å². The first-order chi connectivity index (χ1) is 13.4. The first kappa shape index (κ1) is 21.4. The highest BCUT2D eigenvalue weighted by molar-refractivity contribution is 5.97. The summed E-state index contributed by atoms with van der Waals surface area (Å²) in [6.07, 6.45) is 0.132. The van der Waals surface area contributed by atoms with Gasteiger partial charge in [0, 0.05) is 18.4 Å². The highest BCUT2D eigenvalue weighted by Crippen LogP contribution is 2.30. The minimum atomic E-state index is -0.398. The van der Waals surface area contributed by atoms with Crippen molar-refractivity contribution < 1.29 is 23.5 Å². The standard InChI is InChI=1S/C22H26FNO4/c1-4-27-20-12-8-17(14-21(20)28-5-2)15(3)24-22(26)13-11-19(25)16-6-9-18(23)10-7-16/h6-10,12,14-15H,4-5,11,13H2,1-3H3,(H,24,26)/t15-/m1/s1. The first-order valence-corrected chi connectivity index (χ1v) is 9.42. The monoisotopic (exact) mass is 387 g/mol. The van der Waals surface area contributed by atoms with Crippen LogP contribution in [0.3, 0.4) is 0 Å². The van der Waals surface area contributed by atoms with Crippen molar-refractivity contribution in [2.45, 2.75) is 39.7 Å². The molecule has 0 unspecified atom stereocenters. The molecule has 0 heterocycles. The van der Waals surface area contributed by atoms with Gasteiger partial charge in [0.1, 0.15) is 5.82 Å². The molecule has 0 bridgehead atoms. The predicted octanol–water partition coefficient (Wildman–Crippen LogP) is 4.46. The van der Waals surface area contributed by atoms with Crippen LogP contribution in [0.5, 0.6) is 11.5 Å². The summed E-state index contributed by atoms with van der Waals surface area (Å²) in [4.78, 5) is 24.3. The number of carbonyl (C=O) groups excluding carboxylic acids is 2. The van der Waals surface area contributed by atoms with Crippen molar-refractivity contribution >= 4 is 11.7 Å². The van der Waals surface area contributed by atoms with Gasteiger partial charge in [-0.05, 0) is 62.7 Å². The Morgan fingerprint density at radius 2 is 1.61 bits per heavy atom. The summed E-state index contributed by atoms with van der Waals surface area (Å²) in [7, 11) is 0. The molecule has 0 aromatic heterocycles. The van der Waals surface area contributed by atoms with Crippen LogP contribution in [0.1, 0.15) is 55.6 Å². The lowest BCUT2D eigenvalue weighted by Crippen LogP contribution is -2.27. The molecule has 0 spiro atoms. The zero-order valence-electron chi connectivity index (χ0n) is 16.5. The van der Waals surface area contributed by atoms with Crippen molar-refractivity contribution in [1.82, 2.24) is 5.32 Å². The molecular weight excluding hydrogens is 361 g/mol. The van der Waals surface area contributed by atoms with E-state index in [2.05, 4.69) is 5.32 Å². The maximum atomic E-state index is 12.9. The minimum absolute atomic E-state index is 0.0654. The molecule has 2 aromatic rings. The van der Waals surface area contributed by atoms with Gasteiger partial charge in [-0.25, -0.2) is 4.39 Å². The lowest BCUT2D eigenvalue weighted by atomic mass is 10.1. The van der Waals surface area contributed by atoms with Crippen molar-refractivity contribution in [1.29, 1.82) is 0 Å². The van der Waals surface area contributed by atoms with E-state index in [1.807, 2.05) is 39.0 Å². The Balaban J connectivity index is 1.93. The number of ether oxygens (including phenoxy) is 2. The smallest absolute Gasteiger partial charge is 0.220 e. The maximum Gasteiger partial charge on any atom is 0.220 e. The third-order valence-corrected chi connectivity index (χ3v) is 4.19. The molecule has 28 heavy (non-hydrogen) atoms. The Bertz CT molecular complexity index is 805. The van der Waals surface area contributed by atoms with Crippen LogP contribution in [-0.2, 0) is 4.79 Å². The van der Waals surface area contributed by atoms with Crippen LogP contribution in [0.25, 0.3) is 0 Å². The van der Waals surface area contributed by atoms with Gasteiger partial charge in [-0.3, -0.25) is 9.59 Å². The van der Waals surface area contributed by atoms with Crippen LogP contribution < -0.4 is 14.8 Å². The van der Waals surface area contributed by atoms with Gasteiger partial charge in [0.25, 0.3) is 0 Å². The van der Waals surface area contributed by atoms with E-state index in [0.717, 1.165) is 5.56 Å². The molecule has 2 aromatic carbocycles. The second-order valence-electron chi connectivity index (χ2n) is 6.29. The van der Waals surface area contributed by atoms with Crippen LogP contribution in [0, 0.1) is 5.82 Å². The van der Waals surface area contributed by atoms with Crippen LogP contribution in [-0.4, -0.2) is 24.9 Å². The lowest BCUT2D eigenvalue weighted by molar-refractivity contribution is -0.121. The van der Waals surface area contributed by atoms with Gasteiger partial charge >= 0.3 is 0 Å². The van der Waals surface area contributed by atoms with E-state index in [0.29, 0.717) is 30.3 Å². The summed E-state index contributed by atoms with van der Waals surface area (Å²) < 4.78 is 24.1. The van der Waals surface area contributed by atoms with Crippen molar-refractivity contribution in [3.05, 3.63) is 59.4 Å². The molecule has 0 saturated heterocycles. The van der Waals surface area contributed by atoms with Gasteiger partial charge in [0.2, 0.25) is 5.91 Å². The number of halogens is 1. The van der Waals surface area contributed by atoms with E-state index in [1.165, 1.54) is 24.3 Å². The van der Waals surface area contributed by atoms with Crippen LogP contribution in [0.4, 0.5) is 4.39 Å². The quantitative estimate of drug-likeness (QED) is 0.611. The summed E-state index contributed by atoms with van der Waals surface area (Å²) in [5.41, 5.74) is 1.28. The molecule has 0 aliphatic rings. The molecule has 5 nitrogen and oxygen atoms in total. The van der Waals surface area contributed by atoms with Crippen LogP contribution in [0.15, 0.2) is 42.5 Å². The summed E-state index contributed by atoms with van der Waals surface area (Å²) in [6, 6.07) is 10.6. The number of carbonyl (C=O) groups is 2. The van der Waals surface area contributed by atoms with Gasteiger partial charge < -0.3 is 14.8 Å². The first-order valence-electron chi connectivity index (χ1n) is 9.42. The molecule has 1 N–H and O–H groups in total. The fraction of sp³-hybridized carbons (Fsp3) is 0.364. The molecule has 0 aliphatic carbocycles. The van der Waals surface area contributed by atoms with Crippen molar-refractivity contribution in [3.8, 4) is 11.5 Å². The third-order valence-electron chi connectivity index (χ3n) is 4.19. The van der Waals surface area contributed by atoms with E-state index in [4.69, 9.17) is 9.47 Å². The van der Waals surface area contributed by atoms with Gasteiger partial charge in [0.05, 0.1) is 19.3 Å². The van der Waals surface area contributed by atoms with Crippen molar-refractivity contribution in [2.24, 2.45) is 0 Å². The second kappa shape index (κ2) is 10.4. The average Bonchev–Trinajstić information content (AvgIpc) is 2.68. The lowest BCUT2D eigenvalue weighted by Gasteiger charge is -2.17.